The van der Waals surface area contributed by atoms with Gasteiger partial charge in [0.25, 0.3) is 5.89 Å². The van der Waals surface area contributed by atoms with Crippen LogP contribution in [0.15, 0.2) is 22.9 Å². The van der Waals surface area contributed by atoms with Crippen molar-refractivity contribution in [3.05, 3.63) is 30.0 Å². The molecule has 0 aliphatic rings. The van der Waals surface area contributed by atoms with Crippen molar-refractivity contribution in [1.29, 1.82) is 0 Å². The zero-order chi connectivity index (χ0) is 15.9. The van der Waals surface area contributed by atoms with Crippen molar-refractivity contribution in [2.75, 3.05) is 0 Å². The van der Waals surface area contributed by atoms with E-state index in [0.717, 1.165) is 0 Å². The summed E-state index contributed by atoms with van der Waals surface area (Å²) < 4.78 is 6.91. The molecule has 3 rings (SSSR count). The Hall–Kier alpha value is -2.77. The summed E-state index contributed by atoms with van der Waals surface area (Å²) in [6.07, 6.45) is 1.50. The van der Waals surface area contributed by atoms with Crippen LogP contribution < -0.4 is 0 Å². The summed E-state index contributed by atoms with van der Waals surface area (Å²) in [5.41, 5.74) is 1.04. The van der Waals surface area contributed by atoms with E-state index in [2.05, 4.69) is 20.3 Å². The van der Waals surface area contributed by atoms with Gasteiger partial charge in [-0.2, -0.15) is 4.98 Å². The van der Waals surface area contributed by atoms with Crippen molar-refractivity contribution < 1.29 is 14.4 Å². The minimum Gasteiger partial charge on any atom is -0.481 e. The van der Waals surface area contributed by atoms with E-state index in [4.69, 9.17) is 9.63 Å². The summed E-state index contributed by atoms with van der Waals surface area (Å²) in [5, 5.41) is 20.7. The largest absolute Gasteiger partial charge is 0.481 e. The molecule has 0 atom stereocenters. The monoisotopic (exact) mass is 301 g/mol. The third kappa shape index (κ3) is 2.54. The number of aromatic nitrogens is 5. The number of nitrogens with zero attached hydrogens (tertiary/aromatic N) is 5. The molecule has 0 aromatic carbocycles. The van der Waals surface area contributed by atoms with Crippen molar-refractivity contribution in [2.45, 2.75) is 32.6 Å². The number of aliphatic carboxylic acids is 1. The summed E-state index contributed by atoms with van der Waals surface area (Å²) in [7, 11) is 0. The van der Waals surface area contributed by atoms with Gasteiger partial charge in [0.05, 0.1) is 5.56 Å². The highest BCUT2D eigenvalue weighted by atomic mass is 16.5. The standard InChI is InChI=1S/C14H15N5O3/c1-14(2,3)13-15-12(22-18-13)8-4-5-9-16-17-10(6-11(20)21)19(9)7-8/h4-5,7H,6H2,1-3H3,(H,20,21). The van der Waals surface area contributed by atoms with Crippen LogP contribution in [0.4, 0.5) is 0 Å². The first-order valence-electron chi connectivity index (χ1n) is 6.74. The van der Waals surface area contributed by atoms with Crippen molar-refractivity contribution in [2.24, 2.45) is 0 Å². The Bertz CT molecular complexity index is 844. The van der Waals surface area contributed by atoms with E-state index in [-0.39, 0.29) is 11.8 Å². The van der Waals surface area contributed by atoms with E-state index in [1.54, 1.807) is 22.7 Å². The van der Waals surface area contributed by atoms with Crippen LogP contribution in [-0.2, 0) is 16.6 Å². The third-order valence-corrected chi connectivity index (χ3v) is 3.13. The highest BCUT2D eigenvalue weighted by molar-refractivity contribution is 5.69. The van der Waals surface area contributed by atoms with E-state index < -0.39 is 5.97 Å². The highest BCUT2D eigenvalue weighted by Crippen LogP contribution is 2.24. The average molecular weight is 301 g/mol. The SMILES string of the molecule is CC(C)(C)c1noc(-c2ccc3nnc(CC(=O)O)n3c2)n1. The zero-order valence-corrected chi connectivity index (χ0v) is 12.4. The van der Waals surface area contributed by atoms with Crippen molar-refractivity contribution in [1.82, 2.24) is 24.7 Å². The normalized spacial score (nSPS) is 12.0. The van der Waals surface area contributed by atoms with Gasteiger partial charge in [-0.1, -0.05) is 25.9 Å². The zero-order valence-electron chi connectivity index (χ0n) is 12.4. The number of fused-ring (bicyclic) bond motifs is 1. The van der Waals surface area contributed by atoms with Gasteiger partial charge in [0, 0.05) is 11.6 Å². The molecule has 3 heterocycles. The molecule has 8 nitrogen and oxygen atoms in total. The molecule has 0 bridgehead atoms. The minimum absolute atomic E-state index is 0.207. The highest BCUT2D eigenvalue weighted by Gasteiger charge is 2.22. The lowest BCUT2D eigenvalue weighted by Crippen LogP contribution is -2.13. The molecule has 0 aliphatic carbocycles. The Morgan fingerprint density at radius 1 is 1.32 bits per heavy atom. The molecule has 1 N–H and O–H groups in total. The molecular formula is C14H15N5O3. The average Bonchev–Trinajstić information content (AvgIpc) is 3.04. The molecule has 0 radical (unpaired) electrons. The fourth-order valence-corrected chi connectivity index (χ4v) is 1.97. The molecular weight excluding hydrogens is 286 g/mol. The minimum atomic E-state index is -0.965. The summed E-state index contributed by atoms with van der Waals surface area (Å²) in [4.78, 5) is 15.2. The Morgan fingerprint density at radius 3 is 2.73 bits per heavy atom. The lowest BCUT2D eigenvalue weighted by Gasteiger charge is -2.10. The lowest BCUT2D eigenvalue weighted by molar-refractivity contribution is -0.136. The van der Waals surface area contributed by atoms with Gasteiger partial charge in [-0.05, 0) is 12.1 Å². The van der Waals surface area contributed by atoms with Gasteiger partial charge in [-0.15, -0.1) is 10.2 Å². The van der Waals surface area contributed by atoms with E-state index >= 15 is 0 Å². The summed E-state index contributed by atoms with van der Waals surface area (Å²) >= 11 is 0. The number of pyridine rings is 1. The third-order valence-electron chi connectivity index (χ3n) is 3.13. The van der Waals surface area contributed by atoms with E-state index in [1.165, 1.54) is 0 Å². The summed E-state index contributed by atoms with van der Waals surface area (Å²) in [5.74, 6) is 0.367. The number of hydrogen-bond donors (Lipinski definition) is 1. The number of carboxylic acids is 1. The van der Waals surface area contributed by atoms with Crippen molar-refractivity contribution in [3.8, 4) is 11.5 Å². The van der Waals surface area contributed by atoms with Gasteiger partial charge in [0.15, 0.2) is 11.5 Å². The lowest BCUT2D eigenvalue weighted by atomic mass is 9.96. The summed E-state index contributed by atoms with van der Waals surface area (Å²) in [6.45, 7) is 5.99. The first kappa shape index (κ1) is 14.2. The molecule has 114 valence electrons. The molecule has 0 aliphatic heterocycles. The predicted molar refractivity (Wildman–Crippen MR) is 76.3 cm³/mol. The Labute approximate surface area is 125 Å². The molecule has 0 spiro atoms. The number of hydrogen-bond acceptors (Lipinski definition) is 6. The van der Waals surface area contributed by atoms with Gasteiger partial charge >= 0.3 is 5.97 Å². The fourth-order valence-electron chi connectivity index (χ4n) is 1.97. The van der Waals surface area contributed by atoms with Gasteiger partial charge < -0.3 is 9.63 Å². The first-order valence-corrected chi connectivity index (χ1v) is 6.74. The van der Waals surface area contributed by atoms with Crippen LogP contribution in [0.2, 0.25) is 0 Å². The fraction of sp³-hybridized carbons (Fsp3) is 0.357. The van der Waals surface area contributed by atoms with Crippen LogP contribution in [-0.4, -0.2) is 35.8 Å². The van der Waals surface area contributed by atoms with Crippen LogP contribution in [0.5, 0.6) is 0 Å². The molecule has 0 unspecified atom stereocenters. The van der Waals surface area contributed by atoms with E-state index in [0.29, 0.717) is 28.8 Å². The van der Waals surface area contributed by atoms with Crippen molar-refractivity contribution in [3.63, 3.8) is 0 Å². The molecule has 0 saturated heterocycles. The molecule has 3 aromatic rings. The second-order valence-corrected chi connectivity index (χ2v) is 6.01. The summed E-state index contributed by atoms with van der Waals surface area (Å²) in [6, 6.07) is 3.52. The molecule has 3 aromatic heterocycles. The van der Waals surface area contributed by atoms with E-state index in [1.807, 2.05) is 20.8 Å². The Kier molecular flexibility index (Phi) is 3.16. The maximum atomic E-state index is 10.9. The van der Waals surface area contributed by atoms with Gasteiger partial charge in [-0.3, -0.25) is 9.20 Å². The predicted octanol–water partition coefficient (Wildman–Crippen LogP) is 1.70. The number of carboxylic acid groups (broad SMARTS) is 1. The topological polar surface area (TPSA) is 106 Å². The van der Waals surface area contributed by atoms with Crippen molar-refractivity contribution >= 4 is 11.6 Å². The maximum absolute atomic E-state index is 10.9. The smallest absolute Gasteiger partial charge is 0.311 e. The van der Waals surface area contributed by atoms with Crippen LogP contribution in [0.3, 0.4) is 0 Å². The van der Waals surface area contributed by atoms with Gasteiger partial charge in [0.2, 0.25) is 0 Å². The van der Waals surface area contributed by atoms with E-state index in [9.17, 15) is 4.79 Å². The quantitative estimate of drug-likeness (QED) is 0.784. The van der Waals surface area contributed by atoms with Crippen LogP contribution >= 0.6 is 0 Å². The van der Waals surface area contributed by atoms with Crippen LogP contribution in [0.1, 0.15) is 32.4 Å². The maximum Gasteiger partial charge on any atom is 0.311 e. The molecule has 0 fully saturated rings. The molecule has 22 heavy (non-hydrogen) atoms. The second-order valence-electron chi connectivity index (χ2n) is 6.01. The second kappa shape index (κ2) is 4.90. The Balaban J connectivity index is 2.04. The number of rotatable bonds is 3. The first-order chi connectivity index (χ1) is 10.3. The molecule has 8 heteroatoms. The molecule has 0 saturated carbocycles. The van der Waals surface area contributed by atoms with Gasteiger partial charge in [0.1, 0.15) is 12.2 Å². The van der Waals surface area contributed by atoms with Crippen LogP contribution in [0.25, 0.3) is 17.1 Å². The number of carbonyl (C=O) groups is 1. The van der Waals surface area contributed by atoms with Gasteiger partial charge in [-0.25, -0.2) is 0 Å². The Morgan fingerprint density at radius 2 is 2.09 bits per heavy atom. The molecule has 0 amide bonds. The van der Waals surface area contributed by atoms with Crippen LogP contribution in [0, 0.1) is 0 Å².